The third-order valence-corrected chi connectivity index (χ3v) is 3.49. The second-order valence-electron chi connectivity index (χ2n) is 5.01. The number of aryl methyl sites for hydroxylation is 1. The highest BCUT2D eigenvalue weighted by atomic mass is 35.5. The summed E-state index contributed by atoms with van der Waals surface area (Å²) < 4.78 is 2.40. The van der Waals surface area contributed by atoms with Crippen LogP contribution in [0.2, 0.25) is 5.02 Å². The lowest BCUT2D eigenvalue weighted by atomic mass is 10.2. The highest BCUT2D eigenvalue weighted by molar-refractivity contribution is 6.31. The molecule has 18 heavy (non-hydrogen) atoms. The number of aromatic nitrogens is 1. The normalized spacial score (nSPS) is 11.6. The van der Waals surface area contributed by atoms with E-state index in [-0.39, 0.29) is 0 Å². The van der Waals surface area contributed by atoms with Crippen molar-refractivity contribution in [2.45, 2.75) is 32.7 Å². The predicted octanol–water partition coefficient (Wildman–Crippen LogP) is 4.03. The minimum absolute atomic E-state index is 0.463. The van der Waals surface area contributed by atoms with Crippen LogP contribution in [-0.4, -0.2) is 18.2 Å². The van der Waals surface area contributed by atoms with E-state index in [2.05, 4.69) is 41.9 Å². The third-order valence-electron chi connectivity index (χ3n) is 3.26. The molecule has 1 aromatic heterocycles. The molecular weight excluding hydrogens is 244 g/mol. The highest BCUT2D eigenvalue weighted by Crippen LogP contribution is 2.27. The molecule has 0 atom stereocenters. The number of rotatable bonds is 5. The summed E-state index contributed by atoms with van der Waals surface area (Å²) in [7, 11) is 2.00. The van der Waals surface area contributed by atoms with Crippen LogP contribution in [-0.2, 0) is 6.42 Å². The second kappa shape index (κ2) is 5.77. The van der Waals surface area contributed by atoms with Gasteiger partial charge in [-0.2, -0.15) is 0 Å². The maximum Gasteiger partial charge on any atom is 0.0499 e. The monoisotopic (exact) mass is 264 g/mol. The zero-order valence-electron chi connectivity index (χ0n) is 11.3. The number of halogens is 1. The van der Waals surface area contributed by atoms with Gasteiger partial charge in [0.2, 0.25) is 0 Å². The van der Waals surface area contributed by atoms with E-state index in [0.717, 1.165) is 24.4 Å². The molecule has 0 amide bonds. The molecule has 0 aliphatic rings. The number of nitrogens with one attached hydrogen (secondary N) is 1. The predicted molar refractivity (Wildman–Crippen MR) is 79.6 cm³/mol. The molecular formula is C15H21ClN2. The van der Waals surface area contributed by atoms with Crippen molar-refractivity contribution in [3.05, 3.63) is 35.0 Å². The maximum absolute atomic E-state index is 6.11. The van der Waals surface area contributed by atoms with E-state index in [9.17, 15) is 0 Å². The Morgan fingerprint density at radius 1 is 1.28 bits per heavy atom. The van der Waals surface area contributed by atoms with E-state index in [0.29, 0.717) is 6.04 Å². The molecule has 0 saturated heterocycles. The van der Waals surface area contributed by atoms with Crippen LogP contribution in [0.25, 0.3) is 10.9 Å². The first-order valence-electron chi connectivity index (χ1n) is 6.57. The standard InChI is InChI=1S/C15H21ClN2/c1-11(2)18-14(5-4-8-17-3)9-12-6-7-13(16)10-15(12)18/h6-7,9-11,17H,4-5,8H2,1-3H3. The molecule has 3 heteroatoms. The Balaban J connectivity index is 2.41. The van der Waals surface area contributed by atoms with Gasteiger partial charge in [0.25, 0.3) is 0 Å². The molecule has 2 rings (SSSR count). The third kappa shape index (κ3) is 2.70. The second-order valence-corrected chi connectivity index (χ2v) is 5.45. The van der Waals surface area contributed by atoms with Crippen LogP contribution >= 0.6 is 11.6 Å². The van der Waals surface area contributed by atoms with Gasteiger partial charge in [-0.15, -0.1) is 0 Å². The van der Waals surface area contributed by atoms with E-state index < -0.39 is 0 Å². The molecule has 0 aliphatic carbocycles. The van der Waals surface area contributed by atoms with Crippen LogP contribution in [0.3, 0.4) is 0 Å². The largest absolute Gasteiger partial charge is 0.342 e. The lowest BCUT2D eigenvalue weighted by molar-refractivity contribution is 0.582. The van der Waals surface area contributed by atoms with Gasteiger partial charge in [-0.05, 0) is 63.9 Å². The first-order valence-corrected chi connectivity index (χ1v) is 6.95. The summed E-state index contributed by atoms with van der Waals surface area (Å²) in [6.07, 6.45) is 2.26. The number of nitrogens with zero attached hydrogens (tertiary/aromatic N) is 1. The molecule has 0 saturated carbocycles. The van der Waals surface area contributed by atoms with Crippen molar-refractivity contribution in [2.75, 3.05) is 13.6 Å². The number of fused-ring (bicyclic) bond motifs is 1. The molecule has 1 aromatic carbocycles. The summed E-state index contributed by atoms with van der Waals surface area (Å²) in [4.78, 5) is 0. The summed E-state index contributed by atoms with van der Waals surface area (Å²) in [5.41, 5.74) is 2.65. The summed E-state index contributed by atoms with van der Waals surface area (Å²) in [6, 6.07) is 8.90. The van der Waals surface area contributed by atoms with Gasteiger partial charge in [-0.3, -0.25) is 0 Å². The highest BCUT2D eigenvalue weighted by Gasteiger charge is 2.11. The zero-order valence-corrected chi connectivity index (χ0v) is 12.1. The number of hydrogen-bond donors (Lipinski definition) is 1. The van der Waals surface area contributed by atoms with Crippen LogP contribution < -0.4 is 5.32 Å². The van der Waals surface area contributed by atoms with Crippen LogP contribution in [0.5, 0.6) is 0 Å². The fourth-order valence-electron chi connectivity index (χ4n) is 2.50. The summed E-state index contributed by atoms with van der Waals surface area (Å²) in [5, 5.41) is 5.29. The van der Waals surface area contributed by atoms with Gasteiger partial charge >= 0.3 is 0 Å². The van der Waals surface area contributed by atoms with Crippen molar-refractivity contribution in [2.24, 2.45) is 0 Å². The number of benzene rings is 1. The molecule has 1 heterocycles. The van der Waals surface area contributed by atoms with Gasteiger partial charge in [0.05, 0.1) is 0 Å². The van der Waals surface area contributed by atoms with Crippen molar-refractivity contribution in [1.82, 2.24) is 9.88 Å². The van der Waals surface area contributed by atoms with Crippen LogP contribution in [0, 0.1) is 0 Å². The van der Waals surface area contributed by atoms with Gasteiger partial charge in [0.15, 0.2) is 0 Å². The fraction of sp³-hybridized carbons (Fsp3) is 0.467. The van der Waals surface area contributed by atoms with E-state index >= 15 is 0 Å². The Morgan fingerprint density at radius 2 is 2.06 bits per heavy atom. The van der Waals surface area contributed by atoms with Crippen molar-refractivity contribution >= 4 is 22.5 Å². The van der Waals surface area contributed by atoms with E-state index in [1.165, 1.54) is 16.6 Å². The van der Waals surface area contributed by atoms with Gasteiger partial charge in [0.1, 0.15) is 0 Å². The molecule has 2 aromatic rings. The molecule has 0 spiro atoms. The van der Waals surface area contributed by atoms with Gasteiger partial charge < -0.3 is 9.88 Å². The summed E-state index contributed by atoms with van der Waals surface area (Å²) in [5.74, 6) is 0. The van der Waals surface area contributed by atoms with E-state index in [1.807, 2.05) is 13.1 Å². The molecule has 0 aliphatic heterocycles. The molecule has 0 unspecified atom stereocenters. The van der Waals surface area contributed by atoms with Crippen LogP contribution in [0.4, 0.5) is 0 Å². The fourth-order valence-corrected chi connectivity index (χ4v) is 2.67. The van der Waals surface area contributed by atoms with Crippen LogP contribution in [0.1, 0.15) is 32.0 Å². The van der Waals surface area contributed by atoms with Gasteiger partial charge in [0, 0.05) is 22.3 Å². The molecule has 0 fully saturated rings. The van der Waals surface area contributed by atoms with Crippen molar-refractivity contribution in [1.29, 1.82) is 0 Å². The minimum Gasteiger partial charge on any atom is -0.342 e. The first-order chi connectivity index (χ1) is 8.63. The quantitative estimate of drug-likeness (QED) is 0.807. The van der Waals surface area contributed by atoms with Gasteiger partial charge in [-0.25, -0.2) is 0 Å². The Kier molecular flexibility index (Phi) is 4.31. The lowest BCUT2D eigenvalue weighted by Gasteiger charge is -2.14. The minimum atomic E-state index is 0.463. The van der Waals surface area contributed by atoms with E-state index in [4.69, 9.17) is 11.6 Å². The topological polar surface area (TPSA) is 17.0 Å². The average Bonchev–Trinajstić information content (AvgIpc) is 2.67. The Morgan fingerprint density at radius 3 is 2.72 bits per heavy atom. The zero-order chi connectivity index (χ0) is 13.1. The molecule has 2 nitrogen and oxygen atoms in total. The van der Waals surface area contributed by atoms with Crippen molar-refractivity contribution < 1.29 is 0 Å². The first kappa shape index (κ1) is 13.4. The Bertz CT molecular complexity index is 529. The number of hydrogen-bond acceptors (Lipinski definition) is 1. The Hall–Kier alpha value is -0.990. The van der Waals surface area contributed by atoms with Crippen LogP contribution in [0.15, 0.2) is 24.3 Å². The maximum atomic E-state index is 6.11. The summed E-state index contributed by atoms with van der Waals surface area (Å²) in [6.45, 7) is 5.50. The van der Waals surface area contributed by atoms with Gasteiger partial charge in [-0.1, -0.05) is 17.7 Å². The Labute approximate surface area is 114 Å². The van der Waals surface area contributed by atoms with E-state index in [1.54, 1.807) is 0 Å². The SMILES string of the molecule is CNCCCc1cc2ccc(Cl)cc2n1C(C)C. The molecule has 0 bridgehead atoms. The molecule has 98 valence electrons. The average molecular weight is 265 g/mol. The molecule has 0 radical (unpaired) electrons. The molecule has 1 N–H and O–H groups in total. The van der Waals surface area contributed by atoms with Crippen molar-refractivity contribution in [3.8, 4) is 0 Å². The smallest absolute Gasteiger partial charge is 0.0499 e. The lowest BCUT2D eigenvalue weighted by Crippen LogP contribution is -2.11. The summed E-state index contributed by atoms with van der Waals surface area (Å²) >= 11 is 6.11. The van der Waals surface area contributed by atoms with Crippen molar-refractivity contribution in [3.63, 3.8) is 0 Å².